The molecule has 8 heteroatoms. The van der Waals surface area contributed by atoms with E-state index in [2.05, 4.69) is 0 Å². The Kier molecular flexibility index (Phi) is 17.0. The second kappa shape index (κ2) is 18.2. The van der Waals surface area contributed by atoms with Crippen LogP contribution < -0.4 is 0 Å². The largest absolute Gasteiger partial charge is 0.500 e. The number of ether oxygens (including phenoxy) is 1. The molecule has 1 aliphatic heterocycles. The van der Waals surface area contributed by atoms with E-state index in [9.17, 15) is 13.2 Å². The first kappa shape index (κ1) is 29.9. The summed E-state index contributed by atoms with van der Waals surface area (Å²) < 4.78 is 60.1. The van der Waals surface area contributed by atoms with Crippen LogP contribution in [0.25, 0.3) is 0 Å². The lowest BCUT2D eigenvalue weighted by molar-refractivity contribution is 0.122. The van der Waals surface area contributed by atoms with Gasteiger partial charge in [-0.15, -0.1) is 0 Å². The molecule has 32 heavy (non-hydrogen) atoms. The summed E-state index contributed by atoms with van der Waals surface area (Å²) in [6.45, 7) is 0. The Morgan fingerprint density at radius 2 is 1.06 bits per heavy atom. The zero-order valence-corrected chi connectivity index (χ0v) is 21.6. The molecule has 1 heterocycles. The first-order chi connectivity index (χ1) is 15.5. The normalized spacial score (nSPS) is 19.6. The van der Waals surface area contributed by atoms with Crippen molar-refractivity contribution in [2.24, 2.45) is 0 Å². The third kappa shape index (κ3) is 14.2. The van der Waals surface area contributed by atoms with Crippen molar-refractivity contribution in [2.45, 2.75) is 134 Å². The van der Waals surface area contributed by atoms with Gasteiger partial charge in [0.25, 0.3) is 0 Å². The van der Waals surface area contributed by atoms with E-state index in [0.29, 0.717) is 31.5 Å². The van der Waals surface area contributed by atoms with Gasteiger partial charge >= 0.3 is 8.80 Å². The second-order valence-electron chi connectivity index (χ2n) is 9.08. The summed E-state index contributed by atoms with van der Waals surface area (Å²) in [5.74, 6) is 0. The number of rotatable bonds is 23. The molecule has 0 bridgehead atoms. The fraction of sp³-hybridized carbons (Fsp3) is 1.00. The van der Waals surface area contributed by atoms with E-state index in [4.69, 9.17) is 18.0 Å². The lowest BCUT2D eigenvalue weighted by Gasteiger charge is -2.23. The Balaban J connectivity index is 1.86. The number of hydrogen-bond donors (Lipinski definition) is 0. The molecule has 0 aromatic heterocycles. The maximum absolute atomic E-state index is 14.0. The molecule has 0 N–H and O–H groups in total. The molecule has 0 radical (unpaired) electrons. The van der Waals surface area contributed by atoms with Gasteiger partial charge in [0.1, 0.15) is 6.17 Å². The highest BCUT2D eigenvalue weighted by Gasteiger charge is 2.44. The molecule has 0 amide bonds. The van der Waals surface area contributed by atoms with Gasteiger partial charge in [0.15, 0.2) is 0 Å². The van der Waals surface area contributed by atoms with Crippen LogP contribution in [0.1, 0.15) is 103 Å². The molecule has 0 aromatic rings. The molecule has 0 aliphatic carbocycles. The fourth-order valence-electron chi connectivity index (χ4n) is 4.32. The van der Waals surface area contributed by atoms with Gasteiger partial charge in [-0.1, -0.05) is 64.2 Å². The van der Waals surface area contributed by atoms with Crippen molar-refractivity contribution in [1.29, 1.82) is 0 Å². The van der Waals surface area contributed by atoms with Crippen molar-refractivity contribution in [3.8, 4) is 0 Å². The predicted molar refractivity (Wildman–Crippen MR) is 125 cm³/mol. The van der Waals surface area contributed by atoms with E-state index in [0.717, 1.165) is 83.1 Å². The molecule has 0 aromatic carbocycles. The Morgan fingerprint density at radius 3 is 1.56 bits per heavy atom. The summed E-state index contributed by atoms with van der Waals surface area (Å²) in [4.78, 5) is 0. The van der Waals surface area contributed by atoms with Crippen LogP contribution in [0.5, 0.6) is 0 Å². The molecule has 0 spiro atoms. The average Bonchev–Trinajstić information content (AvgIpc) is 3.54. The van der Waals surface area contributed by atoms with E-state index >= 15 is 0 Å². The molecule has 192 valence electrons. The monoisotopic (exact) mass is 484 g/mol. The van der Waals surface area contributed by atoms with E-state index in [1.807, 2.05) is 0 Å². The van der Waals surface area contributed by atoms with Crippen LogP contribution in [0.4, 0.5) is 13.2 Å². The van der Waals surface area contributed by atoms with Crippen LogP contribution in [0.2, 0.25) is 6.04 Å². The molecule has 1 aliphatic rings. The summed E-state index contributed by atoms with van der Waals surface area (Å²) in [6, 6.07) is 0.775. The lowest BCUT2D eigenvalue weighted by atomic mass is 10.0. The molecule has 3 unspecified atom stereocenters. The zero-order chi connectivity index (χ0) is 23.7. The van der Waals surface area contributed by atoms with Crippen LogP contribution >= 0.6 is 0 Å². The van der Waals surface area contributed by atoms with Crippen LogP contribution in [-0.2, 0) is 18.0 Å². The summed E-state index contributed by atoms with van der Waals surface area (Å²) in [5, 5.41) is 0. The summed E-state index contributed by atoms with van der Waals surface area (Å²) >= 11 is 0. The zero-order valence-electron chi connectivity index (χ0n) is 20.6. The minimum absolute atomic E-state index is 0.0267. The van der Waals surface area contributed by atoms with E-state index in [1.165, 1.54) is 0 Å². The van der Waals surface area contributed by atoms with Gasteiger partial charge in [-0.2, -0.15) is 0 Å². The standard InChI is InChI=1S/C24H47F3O4Si/c1-28-32(29-2,30-3)20-19-23-22(31-23)17-13-10-9-12-16-21(25)15-11-7-5-4-6-8-14-18-24(26)27/h21-24H,4-20H2,1-3H3. The topological polar surface area (TPSA) is 40.2 Å². The van der Waals surface area contributed by atoms with Crippen LogP contribution in [0.3, 0.4) is 0 Å². The van der Waals surface area contributed by atoms with E-state index in [-0.39, 0.29) is 6.42 Å². The van der Waals surface area contributed by atoms with Crippen LogP contribution in [-0.4, -0.2) is 54.9 Å². The number of epoxide rings is 1. The van der Waals surface area contributed by atoms with Crippen molar-refractivity contribution >= 4 is 8.80 Å². The summed E-state index contributed by atoms with van der Waals surface area (Å²) in [5.41, 5.74) is 0. The third-order valence-corrected chi connectivity index (χ3v) is 9.32. The summed E-state index contributed by atoms with van der Waals surface area (Å²) in [6.07, 6.45) is 12.2. The Morgan fingerprint density at radius 1 is 0.625 bits per heavy atom. The van der Waals surface area contributed by atoms with Gasteiger partial charge < -0.3 is 18.0 Å². The van der Waals surface area contributed by atoms with Gasteiger partial charge in [-0.05, 0) is 32.1 Å². The number of hydrogen-bond acceptors (Lipinski definition) is 4. The van der Waals surface area contributed by atoms with Gasteiger partial charge in [0, 0.05) is 33.8 Å². The molecule has 1 rings (SSSR count). The first-order valence-electron chi connectivity index (χ1n) is 12.7. The van der Waals surface area contributed by atoms with Crippen molar-refractivity contribution in [3.63, 3.8) is 0 Å². The highest BCUT2D eigenvalue weighted by Crippen LogP contribution is 2.33. The van der Waals surface area contributed by atoms with Crippen LogP contribution in [0.15, 0.2) is 0 Å². The Hall–Kier alpha value is -0.153. The van der Waals surface area contributed by atoms with Gasteiger partial charge in [-0.25, -0.2) is 13.2 Å². The highest BCUT2D eigenvalue weighted by molar-refractivity contribution is 6.60. The fourth-order valence-corrected chi connectivity index (χ4v) is 6.07. The van der Waals surface area contributed by atoms with Gasteiger partial charge in [0.2, 0.25) is 6.43 Å². The molecular weight excluding hydrogens is 437 g/mol. The number of halogens is 3. The van der Waals surface area contributed by atoms with Gasteiger partial charge in [-0.3, -0.25) is 0 Å². The average molecular weight is 485 g/mol. The van der Waals surface area contributed by atoms with E-state index < -0.39 is 21.4 Å². The second-order valence-corrected chi connectivity index (χ2v) is 12.2. The third-order valence-electron chi connectivity index (χ3n) is 6.55. The molecule has 1 saturated heterocycles. The predicted octanol–water partition coefficient (Wildman–Crippen LogP) is 7.48. The van der Waals surface area contributed by atoms with Gasteiger partial charge in [0.05, 0.1) is 12.2 Å². The highest BCUT2D eigenvalue weighted by atomic mass is 28.4. The van der Waals surface area contributed by atoms with E-state index in [1.54, 1.807) is 21.3 Å². The SMILES string of the molecule is CO[Si](CCC1OC1CCCCCCC(F)CCCCCCCCCC(F)F)(OC)OC. The quantitative estimate of drug-likeness (QED) is 0.0856. The molecule has 3 atom stereocenters. The maximum Gasteiger partial charge on any atom is 0.500 e. The molecule has 4 nitrogen and oxygen atoms in total. The van der Waals surface area contributed by atoms with Crippen LogP contribution in [0, 0.1) is 0 Å². The van der Waals surface area contributed by atoms with Crippen molar-refractivity contribution in [3.05, 3.63) is 0 Å². The maximum atomic E-state index is 14.0. The molecular formula is C24H47F3O4Si. The smallest absolute Gasteiger partial charge is 0.377 e. The molecule has 1 fully saturated rings. The lowest BCUT2D eigenvalue weighted by Crippen LogP contribution is -2.42. The first-order valence-corrected chi connectivity index (χ1v) is 14.6. The van der Waals surface area contributed by atoms with Crippen molar-refractivity contribution in [1.82, 2.24) is 0 Å². The van der Waals surface area contributed by atoms with Crippen molar-refractivity contribution < 1.29 is 31.2 Å². The van der Waals surface area contributed by atoms with Crippen molar-refractivity contribution in [2.75, 3.05) is 21.3 Å². The Bertz CT molecular complexity index is 433. The minimum atomic E-state index is -2.49. The summed E-state index contributed by atoms with van der Waals surface area (Å²) in [7, 11) is 2.42. The Labute approximate surface area is 195 Å². The number of unbranched alkanes of at least 4 members (excludes halogenated alkanes) is 9. The number of alkyl halides is 3. The minimum Gasteiger partial charge on any atom is -0.377 e. The molecule has 0 saturated carbocycles.